The van der Waals surface area contributed by atoms with E-state index in [0.717, 1.165) is 33.5 Å². The SMILES string of the molecule is C=C(N=C(C)c1ccccc1)n1c2ccc3ccccc3c2c2ccc3c4c5ccccc5ccc4n(-c4ccc5ccccc5c4)c3c21. The van der Waals surface area contributed by atoms with Gasteiger partial charge in [-0.15, -0.1) is 0 Å². The third kappa shape index (κ3) is 4.06. The number of aliphatic imine (C=N–C) groups is 1. The van der Waals surface area contributed by atoms with Gasteiger partial charge in [0.2, 0.25) is 0 Å². The van der Waals surface area contributed by atoms with E-state index in [0.29, 0.717) is 5.82 Å². The molecule has 3 nitrogen and oxygen atoms in total. The van der Waals surface area contributed by atoms with Crippen molar-refractivity contribution in [2.24, 2.45) is 4.99 Å². The molecular formula is C46H31N3. The minimum atomic E-state index is 0.685. The normalized spacial score (nSPS) is 12.4. The molecule has 0 aliphatic heterocycles. The van der Waals surface area contributed by atoms with E-state index in [1.165, 1.54) is 59.4 Å². The molecule has 0 unspecified atom stereocenters. The van der Waals surface area contributed by atoms with Gasteiger partial charge in [0.05, 0.1) is 22.1 Å². The zero-order chi connectivity index (χ0) is 32.6. The quantitative estimate of drug-likeness (QED) is 0.174. The Labute approximate surface area is 283 Å². The lowest BCUT2D eigenvalue weighted by Gasteiger charge is -2.13. The number of hydrogen-bond acceptors (Lipinski definition) is 1. The Morgan fingerprint density at radius 1 is 0.490 bits per heavy atom. The van der Waals surface area contributed by atoms with E-state index in [-0.39, 0.29) is 0 Å². The van der Waals surface area contributed by atoms with E-state index in [1.807, 2.05) is 6.07 Å². The van der Waals surface area contributed by atoms with Crippen molar-refractivity contribution in [1.82, 2.24) is 9.13 Å². The van der Waals surface area contributed by atoms with Crippen LogP contribution in [0.25, 0.3) is 87.4 Å². The lowest BCUT2D eigenvalue weighted by molar-refractivity contribution is 1.15. The van der Waals surface area contributed by atoms with E-state index in [1.54, 1.807) is 0 Å². The van der Waals surface area contributed by atoms with E-state index < -0.39 is 0 Å². The van der Waals surface area contributed by atoms with Gasteiger partial charge in [0.1, 0.15) is 5.82 Å². The summed E-state index contributed by atoms with van der Waals surface area (Å²) in [5, 5.41) is 12.2. The Morgan fingerprint density at radius 3 is 1.76 bits per heavy atom. The first-order valence-corrected chi connectivity index (χ1v) is 16.8. The fraction of sp³-hybridized carbons (Fsp3) is 0.0217. The summed E-state index contributed by atoms with van der Waals surface area (Å²) in [6.07, 6.45) is 0. The zero-order valence-electron chi connectivity index (χ0n) is 27.1. The van der Waals surface area contributed by atoms with Crippen LogP contribution in [0.15, 0.2) is 169 Å². The van der Waals surface area contributed by atoms with Crippen molar-refractivity contribution in [3.63, 3.8) is 0 Å². The zero-order valence-corrected chi connectivity index (χ0v) is 27.1. The summed E-state index contributed by atoms with van der Waals surface area (Å²) in [6.45, 7) is 6.73. The fourth-order valence-corrected chi connectivity index (χ4v) is 7.98. The average molecular weight is 626 g/mol. The van der Waals surface area contributed by atoms with Crippen LogP contribution in [-0.4, -0.2) is 14.8 Å². The lowest BCUT2D eigenvalue weighted by Crippen LogP contribution is -2.01. The highest BCUT2D eigenvalue weighted by molar-refractivity contribution is 6.31. The molecule has 0 aliphatic carbocycles. The second-order valence-corrected chi connectivity index (χ2v) is 12.9. The van der Waals surface area contributed by atoms with Gasteiger partial charge in [0.15, 0.2) is 0 Å². The molecule has 0 saturated heterocycles. The maximum Gasteiger partial charge on any atom is 0.130 e. The van der Waals surface area contributed by atoms with Crippen molar-refractivity contribution >= 4 is 87.5 Å². The maximum absolute atomic E-state index is 5.20. The molecule has 10 rings (SSSR count). The first-order chi connectivity index (χ1) is 24.2. The fourth-order valence-electron chi connectivity index (χ4n) is 7.98. The highest BCUT2D eigenvalue weighted by atomic mass is 15.1. The summed E-state index contributed by atoms with van der Waals surface area (Å²) in [4.78, 5) is 5.20. The van der Waals surface area contributed by atoms with Gasteiger partial charge in [-0.3, -0.25) is 4.57 Å². The third-order valence-electron chi connectivity index (χ3n) is 10.2. The molecule has 0 radical (unpaired) electrons. The van der Waals surface area contributed by atoms with E-state index in [2.05, 4.69) is 174 Å². The van der Waals surface area contributed by atoms with Crippen LogP contribution in [0.5, 0.6) is 0 Å². The molecule has 10 aromatic rings. The van der Waals surface area contributed by atoms with Crippen LogP contribution in [0.2, 0.25) is 0 Å². The molecule has 0 bridgehead atoms. The van der Waals surface area contributed by atoms with Crippen LogP contribution in [0.4, 0.5) is 0 Å². The molecule has 2 heterocycles. The number of aromatic nitrogens is 2. The van der Waals surface area contributed by atoms with Crippen molar-refractivity contribution in [2.45, 2.75) is 6.92 Å². The second-order valence-electron chi connectivity index (χ2n) is 12.9. The van der Waals surface area contributed by atoms with Crippen molar-refractivity contribution in [3.05, 3.63) is 170 Å². The third-order valence-corrected chi connectivity index (χ3v) is 10.2. The van der Waals surface area contributed by atoms with Gasteiger partial charge in [-0.25, -0.2) is 4.99 Å². The molecule has 0 N–H and O–H groups in total. The van der Waals surface area contributed by atoms with Gasteiger partial charge in [-0.1, -0.05) is 140 Å². The Hall–Kier alpha value is -6.45. The van der Waals surface area contributed by atoms with Crippen LogP contribution < -0.4 is 0 Å². The molecular weight excluding hydrogens is 595 g/mol. The number of nitrogens with zero attached hydrogens (tertiary/aromatic N) is 3. The number of hydrogen-bond donors (Lipinski definition) is 0. The van der Waals surface area contributed by atoms with Gasteiger partial charge in [-0.2, -0.15) is 0 Å². The molecule has 0 saturated carbocycles. The van der Waals surface area contributed by atoms with E-state index >= 15 is 0 Å². The topological polar surface area (TPSA) is 22.2 Å². The Morgan fingerprint density at radius 2 is 1.04 bits per heavy atom. The molecule has 230 valence electrons. The molecule has 0 fully saturated rings. The van der Waals surface area contributed by atoms with E-state index in [9.17, 15) is 0 Å². The summed E-state index contributed by atoms with van der Waals surface area (Å²) in [5.74, 6) is 0.685. The Kier molecular flexibility index (Phi) is 5.94. The first-order valence-electron chi connectivity index (χ1n) is 16.8. The molecule has 2 aromatic heterocycles. The van der Waals surface area contributed by atoms with E-state index in [4.69, 9.17) is 4.99 Å². The summed E-state index contributed by atoms with van der Waals surface area (Å²) < 4.78 is 4.76. The average Bonchev–Trinajstić information content (AvgIpc) is 3.68. The molecule has 49 heavy (non-hydrogen) atoms. The van der Waals surface area contributed by atoms with Crippen LogP contribution >= 0.6 is 0 Å². The first kappa shape index (κ1) is 27.6. The van der Waals surface area contributed by atoms with Crippen molar-refractivity contribution in [1.29, 1.82) is 0 Å². The maximum atomic E-state index is 5.20. The standard InChI is InChI=1S/C46H31N3/c1-29(31-12-4-3-5-13-31)47-30(2)48-41-26-21-33-15-8-10-18-37(33)43(41)39-24-25-40-44-38-19-11-9-16-34(38)22-27-42(44)49(46(40)45(39)48)36-23-20-32-14-6-7-17-35(32)28-36/h3-28H,2H2,1H3. The number of benzene rings is 8. The molecule has 0 spiro atoms. The predicted molar refractivity (Wildman–Crippen MR) is 210 cm³/mol. The minimum absolute atomic E-state index is 0.685. The van der Waals surface area contributed by atoms with Crippen LogP contribution in [-0.2, 0) is 0 Å². The molecule has 0 aliphatic rings. The second kappa shape index (κ2) is 10.5. The Bertz CT molecular complexity index is 3010. The number of rotatable bonds is 4. The van der Waals surface area contributed by atoms with Gasteiger partial charge < -0.3 is 4.57 Å². The highest BCUT2D eigenvalue weighted by Crippen LogP contribution is 2.45. The Balaban J connectivity index is 1.43. The smallest absolute Gasteiger partial charge is 0.130 e. The van der Waals surface area contributed by atoms with Gasteiger partial charge in [-0.05, 0) is 69.1 Å². The summed E-state index contributed by atoms with van der Waals surface area (Å²) in [5.41, 5.74) is 7.65. The summed E-state index contributed by atoms with van der Waals surface area (Å²) in [7, 11) is 0. The molecule has 8 aromatic carbocycles. The van der Waals surface area contributed by atoms with Crippen molar-refractivity contribution in [2.75, 3.05) is 0 Å². The lowest BCUT2D eigenvalue weighted by atomic mass is 10.0. The van der Waals surface area contributed by atoms with Crippen molar-refractivity contribution in [3.8, 4) is 5.69 Å². The summed E-state index contributed by atoms with van der Waals surface area (Å²) in [6, 6.07) is 56.8. The molecule has 0 atom stereocenters. The van der Waals surface area contributed by atoms with Crippen LogP contribution in [0.1, 0.15) is 12.5 Å². The van der Waals surface area contributed by atoms with Gasteiger partial charge >= 0.3 is 0 Å². The monoisotopic (exact) mass is 625 g/mol. The molecule has 3 heteroatoms. The predicted octanol–water partition coefficient (Wildman–Crippen LogP) is 12.3. The number of fused-ring (bicyclic) bond motifs is 12. The van der Waals surface area contributed by atoms with Crippen molar-refractivity contribution < 1.29 is 0 Å². The minimum Gasteiger partial charge on any atom is -0.307 e. The van der Waals surface area contributed by atoms with Crippen LogP contribution in [0, 0.1) is 0 Å². The van der Waals surface area contributed by atoms with Crippen LogP contribution in [0.3, 0.4) is 0 Å². The highest BCUT2D eigenvalue weighted by Gasteiger charge is 2.23. The summed E-state index contributed by atoms with van der Waals surface area (Å²) >= 11 is 0. The van der Waals surface area contributed by atoms with Gasteiger partial charge in [0, 0.05) is 32.9 Å². The van der Waals surface area contributed by atoms with Gasteiger partial charge in [0.25, 0.3) is 0 Å². The largest absolute Gasteiger partial charge is 0.307 e. The molecule has 0 amide bonds.